The first-order valence-electron chi connectivity index (χ1n) is 14.0. The highest BCUT2D eigenvalue weighted by Gasteiger charge is 2.45. The van der Waals surface area contributed by atoms with Crippen LogP contribution in [0, 0.1) is 34.2 Å². The zero-order valence-electron chi connectivity index (χ0n) is 23.5. The summed E-state index contributed by atoms with van der Waals surface area (Å²) in [6.07, 6.45) is 3.72. The largest absolute Gasteiger partial charge is 0.389 e. The molecule has 4 aromatic rings. The van der Waals surface area contributed by atoms with Gasteiger partial charge < -0.3 is 19.9 Å². The lowest BCUT2D eigenvalue weighted by atomic mass is 9.73. The third-order valence-corrected chi connectivity index (χ3v) is 8.35. The van der Waals surface area contributed by atoms with Gasteiger partial charge in [-0.1, -0.05) is 12.1 Å². The van der Waals surface area contributed by atoms with Crippen LogP contribution in [0.3, 0.4) is 0 Å². The number of nitriles is 1. The fourth-order valence-electron chi connectivity index (χ4n) is 6.36. The maximum Gasteiger partial charge on any atom is 0.253 e. The quantitative estimate of drug-likeness (QED) is 0.314. The van der Waals surface area contributed by atoms with Gasteiger partial charge in [0.1, 0.15) is 11.9 Å². The first kappa shape index (κ1) is 28.0. The topological polar surface area (TPSA) is 81.3 Å². The Bertz CT molecular complexity index is 1750. The number of nitrogens with one attached hydrogen (secondary N) is 1. The number of rotatable bonds is 5. The molecule has 1 amide bonds. The summed E-state index contributed by atoms with van der Waals surface area (Å²) in [6.45, 7) is 6.36. The number of aromatic nitrogens is 1. The third-order valence-electron chi connectivity index (χ3n) is 8.35. The minimum atomic E-state index is -1.15. The number of fused-ring (bicyclic) bond motifs is 1. The summed E-state index contributed by atoms with van der Waals surface area (Å²) in [7, 11) is 0. The van der Waals surface area contributed by atoms with Gasteiger partial charge >= 0.3 is 0 Å². The van der Waals surface area contributed by atoms with E-state index in [4.69, 9.17) is 0 Å². The summed E-state index contributed by atoms with van der Waals surface area (Å²) in [5.41, 5.74) is 0.0786. The number of hydrogen-bond acceptors (Lipinski definition) is 4. The van der Waals surface area contributed by atoms with Crippen molar-refractivity contribution in [2.75, 3.05) is 26.2 Å². The van der Waals surface area contributed by atoms with Crippen LogP contribution in [0.1, 0.15) is 42.6 Å². The zero-order chi connectivity index (χ0) is 29.8. The number of carbonyl (C=O) groups excluding carboxylic acids is 1. The van der Waals surface area contributed by atoms with Crippen LogP contribution < -0.4 is 5.32 Å². The summed E-state index contributed by atoms with van der Waals surface area (Å²) < 4.78 is 47.6. The molecule has 2 aliphatic rings. The zero-order valence-corrected chi connectivity index (χ0v) is 23.5. The van der Waals surface area contributed by atoms with E-state index in [0.29, 0.717) is 35.2 Å². The van der Waals surface area contributed by atoms with Gasteiger partial charge in [0.2, 0.25) is 0 Å². The lowest BCUT2D eigenvalue weighted by Crippen LogP contribution is -2.63. The number of carbonyl (C=O) groups is 1. The molecule has 0 saturated carbocycles. The average Bonchev–Trinajstić information content (AvgIpc) is 3.34. The maximum atomic E-state index is 15.8. The van der Waals surface area contributed by atoms with Crippen molar-refractivity contribution in [3.05, 3.63) is 83.3 Å². The summed E-state index contributed by atoms with van der Waals surface area (Å²) in [4.78, 5) is 15.3. The average molecular weight is 573 g/mol. The Hall–Kier alpha value is -4.13. The number of halogens is 3. The van der Waals surface area contributed by atoms with Gasteiger partial charge in [-0.05, 0) is 86.3 Å². The Morgan fingerprint density at radius 3 is 2.50 bits per heavy atom. The minimum Gasteiger partial charge on any atom is -0.389 e. The molecule has 3 heterocycles. The second-order valence-electron chi connectivity index (χ2n) is 12.3. The molecule has 2 N–H and O–H groups in total. The normalized spacial score (nSPS) is 16.5. The van der Waals surface area contributed by atoms with Crippen molar-refractivity contribution in [2.45, 2.75) is 38.8 Å². The van der Waals surface area contributed by atoms with Crippen LogP contribution in [-0.4, -0.2) is 52.3 Å². The molecule has 0 atom stereocenters. The molecule has 0 radical (unpaired) electrons. The van der Waals surface area contributed by atoms with Gasteiger partial charge in [0.15, 0.2) is 11.6 Å². The van der Waals surface area contributed by atoms with E-state index in [9.17, 15) is 19.6 Å². The Balaban J connectivity index is 1.44. The Labute approximate surface area is 242 Å². The Morgan fingerprint density at radius 1 is 1.05 bits per heavy atom. The van der Waals surface area contributed by atoms with Crippen molar-refractivity contribution in [1.29, 1.82) is 5.26 Å². The number of likely N-dealkylation sites (tertiary alicyclic amines) is 1. The molecule has 0 aliphatic carbocycles. The lowest BCUT2D eigenvalue weighted by Gasteiger charge is -2.52. The highest BCUT2D eigenvalue weighted by Crippen LogP contribution is 2.40. The Morgan fingerprint density at radius 2 is 1.83 bits per heavy atom. The molecule has 3 aromatic carbocycles. The minimum absolute atomic E-state index is 0.0278. The summed E-state index contributed by atoms with van der Waals surface area (Å²) in [5, 5.41) is 23.3. The van der Waals surface area contributed by atoms with E-state index in [2.05, 4.69) is 5.32 Å². The summed E-state index contributed by atoms with van der Waals surface area (Å²) >= 11 is 0. The van der Waals surface area contributed by atoms with Crippen LogP contribution in [0.15, 0.2) is 54.7 Å². The number of benzene rings is 3. The molecule has 2 fully saturated rings. The van der Waals surface area contributed by atoms with Gasteiger partial charge in [0.05, 0.1) is 23.2 Å². The second kappa shape index (κ2) is 10.3. The van der Waals surface area contributed by atoms with Crippen LogP contribution in [-0.2, 0) is 6.54 Å². The highest BCUT2D eigenvalue weighted by molar-refractivity contribution is 5.99. The predicted octanol–water partition coefficient (Wildman–Crippen LogP) is 5.86. The van der Waals surface area contributed by atoms with Crippen LogP contribution in [0.5, 0.6) is 0 Å². The van der Waals surface area contributed by atoms with Crippen molar-refractivity contribution in [3.8, 4) is 28.3 Å². The first-order chi connectivity index (χ1) is 20.0. The van der Waals surface area contributed by atoms with Gasteiger partial charge in [-0.25, -0.2) is 13.2 Å². The molecular weight excluding hydrogens is 541 g/mol. The number of aliphatic hydroxyl groups is 1. The van der Waals surface area contributed by atoms with E-state index in [1.807, 2.05) is 0 Å². The van der Waals surface area contributed by atoms with Crippen molar-refractivity contribution in [3.63, 3.8) is 0 Å². The summed E-state index contributed by atoms with van der Waals surface area (Å²) in [6, 6.07) is 13.7. The van der Waals surface area contributed by atoms with E-state index in [1.165, 1.54) is 28.8 Å². The van der Waals surface area contributed by atoms with Crippen LogP contribution in [0.25, 0.3) is 33.2 Å². The number of nitrogens with zero attached hydrogens (tertiary/aromatic N) is 3. The van der Waals surface area contributed by atoms with E-state index < -0.39 is 23.1 Å². The standard InChI is InChI=1S/C33H31F3N4O2/c1-32(2,42)17-39-11-8-21-12-26(28(35)29(36)30(21)39)24-7-6-22(13-25(24)20-4-5-23(15-37)27(34)14-20)31(41)40-18-33(19-40)9-3-10-38-16-33/h4-8,11-14,38,42H,3,9-10,16-19H2,1-2H3. The Kier molecular flexibility index (Phi) is 6.87. The molecule has 6 nitrogen and oxygen atoms in total. The SMILES string of the molecule is CC(C)(O)Cn1ccc2cc(-c3ccc(C(=O)N4CC5(CCCNC5)C4)cc3-c3ccc(C#N)c(F)c3)c(F)c(F)c21. The fourth-order valence-corrected chi connectivity index (χ4v) is 6.36. The molecule has 1 spiro atoms. The number of hydrogen-bond donors (Lipinski definition) is 2. The predicted molar refractivity (Wildman–Crippen MR) is 154 cm³/mol. The first-order valence-corrected chi connectivity index (χ1v) is 14.0. The molecule has 9 heteroatoms. The van der Waals surface area contributed by atoms with E-state index >= 15 is 8.78 Å². The molecule has 6 rings (SSSR count). The van der Waals surface area contributed by atoms with E-state index in [-0.39, 0.29) is 40.1 Å². The van der Waals surface area contributed by atoms with Crippen molar-refractivity contribution in [2.24, 2.45) is 5.41 Å². The molecular formula is C33H31F3N4O2. The van der Waals surface area contributed by atoms with Crippen molar-refractivity contribution >= 4 is 16.8 Å². The van der Waals surface area contributed by atoms with Gasteiger partial charge in [-0.3, -0.25) is 4.79 Å². The van der Waals surface area contributed by atoms with E-state index in [1.54, 1.807) is 55.3 Å². The van der Waals surface area contributed by atoms with Gasteiger partial charge in [0.25, 0.3) is 5.91 Å². The van der Waals surface area contributed by atoms with Gasteiger partial charge in [-0.15, -0.1) is 0 Å². The molecule has 2 aliphatic heterocycles. The van der Waals surface area contributed by atoms with Crippen molar-refractivity contribution in [1.82, 2.24) is 14.8 Å². The molecule has 216 valence electrons. The summed E-state index contributed by atoms with van der Waals surface area (Å²) in [5.74, 6) is -3.10. The van der Waals surface area contributed by atoms with Crippen LogP contribution in [0.2, 0.25) is 0 Å². The number of piperidine rings is 1. The highest BCUT2D eigenvalue weighted by atomic mass is 19.2. The fraction of sp³-hybridized carbons (Fsp3) is 0.333. The van der Waals surface area contributed by atoms with Crippen molar-refractivity contribution < 1.29 is 23.1 Å². The molecule has 2 saturated heterocycles. The van der Waals surface area contributed by atoms with Gasteiger partial charge in [-0.2, -0.15) is 5.26 Å². The van der Waals surface area contributed by atoms with Crippen LogP contribution in [0.4, 0.5) is 13.2 Å². The van der Waals surface area contributed by atoms with Gasteiger partial charge in [0, 0.05) is 47.8 Å². The molecule has 1 aromatic heterocycles. The number of amides is 1. The van der Waals surface area contributed by atoms with Crippen LogP contribution >= 0.6 is 0 Å². The second-order valence-corrected chi connectivity index (χ2v) is 12.3. The monoisotopic (exact) mass is 572 g/mol. The third kappa shape index (κ3) is 4.95. The smallest absolute Gasteiger partial charge is 0.253 e. The maximum absolute atomic E-state index is 15.8. The van der Waals surface area contributed by atoms with E-state index in [0.717, 1.165) is 25.9 Å². The molecule has 0 unspecified atom stereocenters. The molecule has 42 heavy (non-hydrogen) atoms. The molecule has 0 bridgehead atoms. The lowest BCUT2D eigenvalue weighted by molar-refractivity contribution is -0.00721.